The number of nitrogens with zero attached hydrogens (tertiary/aromatic N) is 2. The van der Waals surface area contributed by atoms with E-state index in [4.69, 9.17) is 10.00 Å². The Labute approximate surface area is 80.3 Å². The largest absolute Gasteiger partial charge is 0.381 e. The first-order chi connectivity index (χ1) is 6.27. The van der Waals surface area contributed by atoms with Gasteiger partial charge in [-0.15, -0.1) is 0 Å². The number of likely N-dealkylation sites (tertiary alicyclic amines) is 1. The van der Waals surface area contributed by atoms with Gasteiger partial charge in [-0.2, -0.15) is 5.26 Å². The summed E-state index contributed by atoms with van der Waals surface area (Å²) in [5.74, 6) is 0. The first-order valence-corrected chi connectivity index (χ1v) is 4.91. The van der Waals surface area contributed by atoms with Crippen LogP contribution in [0.2, 0.25) is 0 Å². The highest BCUT2D eigenvalue weighted by atomic mass is 16.5. The molecule has 0 N–H and O–H groups in total. The van der Waals surface area contributed by atoms with Crippen LogP contribution in [-0.4, -0.2) is 37.2 Å². The van der Waals surface area contributed by atoms with E-state index >= 15 is 0 Å². The Hall–Kier alpha value is -0.590. The van der Waals surface area contributed by atoms with Crippen LogP contribution in [0.1, 0.15) is 26.2 Å². The molecule has 0 aromatic heterocycles. The molecular weight excluding hydrogens is 164 g/mol. The summed E-state index contributed by atoms with van der Waals surface area (Å²) in [5, 5.41) is 8.56. The zero-order valence-corrected chi connectivity index (χ0v) is 8.49. The lowest BCUT2D eigenvalue weighted by Gasteiger charge is -2.34. The second kappa shape index (κ2) is 5.21. The van der Waals surface area contributed by atoms with Crippen molar-refractivity contribution in [2.24, 2.45) is 0 Å². The van der Waals surface area contributed by atoms with Crippen LogP contribution in [0.3, 0.4) is 0 Å². The van der Waals surface area contributed by atoms with E-state index in [1.165, 1.54) is 0 Å². The van der Waals surface area contributed by atoms with Crippen molar-refractivity contribution in [3.63, 3.8) is 0 Å². The average Bonchev–Trinajstić information content (AvgIpc) is 2.18. The molecule has 1 unspecified atom stereocenters. The summed E-state index contributed by atoms with van der Waals surface area (Å²) in [7, 11) is 1.78. The van der Waals surface area contributed by atoms with E-state index in [1.807, 2.05) is 0 Å². The Morgan fingerprint density at radius 1 is 1.54 bits per heavy atom. The van der Waals surface area contributed by atoms with Crippen LogP contribution in [0.25, 0.3) is 0 Å². The second-order valence-electron chi connectivity index (χ2n) is 3.68. The van der Waals surface area contributed by atoms with Gasteiger partial charge in [-0.25, -0.2) is 0 Å². The van der Waals surface area contributed by atoms with Gasteiger partial charge in [-0.05, 0) is 19.8 Å². The molecule has 0 radical (unpaired) electrons. The van der Waals surface area contributed by atoms with Gasteiger partial charge in [-0.3, -0.25) is 4.90 Å². The van der Waals surface area contributed by atoms with Crippen molar-refractivity contribution in [3.05, 3.63) is 0 Å². The molecule has 0 saturated carbocycles. The molecule has 1 fully saturated rings. The number of piperidine rings is 1. The summed E-state index contributed by atoms with van der Waals surface area (Å²) in [6.07, 6.45) is 3.28. The molecule has 0 aromatic carbocycles. The van der Waals surface area contributed by atoms with Gasteiger partial charge in [0, 0.05) is 26.2 Å². The first kappa shape index (κ1) is 10.5. The van der Waals surface area contributed by atoms with Gasteiger partial charge >= 0.3 is 0 Å². The van der Waals surface area contributed by atoms with Gasteiger partial charge in [0.15, 0.2) is 0 Å². The van der Waals surface area contributed by atoms with Gasteiger partial charge < -0.3 is 4.74 Å². The fourth-order valence-corrected chi connectivity index (χ4v) is 1.81. The normalized spacial score (nSPS) is 22.5. The van der Waals surface area contributed by atoms with Crippen molar-refractivity contribution >= 4 is 0 Å². The first-order valence-electron chi connectivity index (χ1n) is 4.91. The number of hydrogen-bond acceptors (Lipinski definition) is 3. The minimum absolute atomic E-state index is 0.405. The summed E-state index contributed by atoms with van der Waals surface area (Å²) >= 11 is 0. The van der Waals surface area contributed by atoms with Crippen LogP contribution in [0.4, 0.5) is 0 Å². The van der Waals surface area contributed by atoms with Crippen molar-refractivity contribution < 1.29 is 4.74 Å². The summed E-state index contributed by atoms with van der Waals surface area (Å²) in [5.41, 5.74) is 0. The predicted molar refractivity (Wildman–Crippen MR) is 51.3 cm³/mol. The highest BCUT2D eigenvalue weighted by Gasteiger charge is 2.21. The third kappa shape index (κ3) is 2.98. The van der Waals surface area contributed by atoms with E-state index in [-0.39, 0.29) is 0 Å². The van der Waals surface area contributed by atoms with Crippen LogP contribution in [-0.2, 0) is 4.74 Å². The molecule has 1 rings (SSSR count). The van der Waals surface area contributed by atoms with E-state index < -0.39 is 0 Å². The maximum Gasteiger partial charge on any atom is 0.0638 e. The number of ether oxygens (including phenoxy) is 1. The predicted octanol–water partition coefficient (Wildman–Crippen LogP) is 1.40. The molecule has 1 aliphatic rings. The van der Waals surface area contributed by atoms with Crippen molar-refractivity contribution in [2.75, 3.05) is 20.2 Å². The lowest BCUT2D eigenvalue weighted by molar-refractivity contribution is 0.0304. The molecule has 13 heavy (non-hydrogen) atoms. The van der Waals surface area contributed by atoms with Gasteiger partial charge in [0.25, 0.3) is 0 Å². The van der Waals surface area contributed by atoms with E-state index in [2.05, 4.69) is 17.9 Å². The van der Waals surface area contributed by atoms with Crippen molar-refractivity contribution in [1.29, 1.82) is 5.26 Å². The minimum Gasteiger partial charge on any atom is -0.381 e. The molecule has 1 aliphatic heterocycles. The summed E-state index contributed by atoms with van der Waals surface area (Å²) in [6.45, 7) is 4.26. The Bertz CT molecular complexity index is 180. The highest BCUT2D eigenvalue weighted by Crippen LogP contribution is 2.16. The molecule has 1 heterocycles. The Morgan fingerprint density at radius 2 is 2.15 bits per heavy atom. The molecule has 0 aliphatic carbocycles. The average molecular weight is 182 g/mol. The maximum absolute atomic E-state index is 8.56. The van der Waals surface area contributed by atoms with Crippen LogP contribution < -0.4 is 0 Å². The topological polar surface area (TPSA) is 36.3 Å². The Kier molecular flexibility index (Phi) is 4.20. The van der Waals surface area contributed by atoms with E-state index in [9.17, 15) is 0 Å². The molecule has 0 aromatic rings. The number of rotatable bonds is 3. The lowest BCUT2D eigenvalue weighted by Crippen LogP contribution is -2.41. The van der Waals surface area contributed by atoms with Gasteiger partial charge in [0.05, 0.1) is 18.6 Å². The van der Waals surface area contributed by atoms with E-state index in [0.29, 0.717) is 18.6 Å². The zero-order valence-electron chi connectivity index (χ0n) is 8.49. The second-order valence-corrected chi connectivity index (χ2v) is 3.68. The van der Waals surface area contributed by atoms with E-state index in [1.54, 1.807) is 7.11 Å². The monoisotopic (exact) mass is 182 g/mol. The van der Waals surface area contributed by atoms with Gasteiger partial charge in [-0.1, -0.05) is 0 Å². The number of methoxy groups -OCH3 is 1. The molecular formula is C10H18N2O. The summed E-state index contributed by atoms with van der Waals surface area (Å²) in [6, 6.07) is 2.62. The number of nitriles is 1. The molecule has 1 saturated heterocycles. The summed E-state index contributed by atoms with van der Waals surface area (Å²) < 4.78 is 5.29. The summed E-state index contributed by atoms with van der Waals surface area (Å²) in [4.78, 5) is 2.37. The molecule has 3 nitrogen and oxygen atoms in total. The van der Waals surface area contributed by atoms with Gasteiger partial charge in [0.2, 0.25) is 0 Å². The fourth-order valence-electron chi connectivity index (χ4n) is 1.81. The van der Waals surface area contributed by atoms with Crippen molar-refractivity contribution in [3.8, 4) is 6.07 Å². The van der Waals surface area contributed by atoms with Crippen molar-refractivity contribution in [1.82, 2.24) is 4.90 Å². The Balaban J connectivity index is 2.28. The number of hydrogen-bond donors (Lipinski definition) is 0. The van der Waals surface area contributed by atoms with Crippen LogP contribution in [0.15, 0.2) is 0 Å². The molecule has 3 heteroatoms. The third-order valence-electron chi connectivity index (χ3n) is 2.82. The Morgan fingerprint density at radius 3 is 2.62 bits per heavy atom. The van der Waals surface area contributed by atoms with Crippen molar-refractivity contribution in [2.45, 2.75) is 38.3 Å². The molecule has 1 atom stereocenters. The maximum atomic E-state index is 8.56. The molecule has 0 bridgehead atoms. The molecule has 74 valence electrons. The lowest BCUT2D eigenvalue weighted by atomic mass is 10.1. The zero-order chi connectivity index (χ0) is 9.68. The van der Waals surface area contributed by atoms with Crippen LogP contribution in [0, 0.1) is 11.3 Å². The highest BCUT2D eigenvalue weighted by molar-refractivity contribution is 4.82. The van der Waals surface area contributed by atoms with Crippen LogP contribution >= 0.6 is 0 Å². The quantitative estimate of drug-likeness (QED) is 0.662. The minimum atomic E-state index is 0.405. The standard InChI is InChI=1S/C10H18N2O/c1-9(3-6-11)12-7-4-10(13-2)5-8-12/h9-10H,3-5,7-8H2,1-2H3. The fraction of sp³-hybridized carbons (Fsp3) is 0.900. The SMILES string of the molecule is COC1CCN(C(C)CC#N)CC1. The van der Waals surface area contributed by atoms with Crippen LogP contribution in [0.5, 0.6) is 0 Å². The van der Waals surface area contributed by atoms with Gasteiger partial charge in [0.1, 0.15) is 0 Å². The molecule has 0 spiro atoms. The smallest absolute Gasteiger partial charge is 0.0638 e. The third-order valence-corrected chi connectivity index (χ3v) is 2.82. The molecule has 0 amide bonds. The van der Waals surface area contributed by atoms with E-state index in [0.717, 1.165) is 25.9 Å².